The second-order valence-corrected chi connectivity index (χ2v) is 7.34. The average Bonchev–Trinajstić information content (AvgIpc) is 2.64. The highest BCUT2D eigenvalue weighted by molar-refractivity contribution is 5.86. The molecule has 1 atom stereocenters. The Bertz CT molecular complexity index is 504. The van der Waals surface area contributed by atoms with Gasteiger partial charge in [0.25, 0.3) is 0 Å². The van der Waals surface area contributed by atoms with Crippen molar-refractivity contribution in [2.45, 2.75) is 84.5 Å². The smallest absolute Gasteiger partial charge is 0.333 e. The molecular weight excluding hydrogens is 358 g/mol. The van der Waals surface area contributed by atoms with Crippen molar-refractivity contribution < 1.29 is 9.53 Å². The second kappa shape index (κ2) is 16.8. The van der Waals surface area contributed by atoms with Crippen LogP contribution in [0.3, 0.4) is 0 Å². The molecule has 0 spiro atoms. The van der Waals surface area contributed by atoms with E-state index in [1.807, 2.05) is 18.3 Å². The topological polar surface area (TPSA) is 39.2 Å². The molecule has 1 aromatic rings. The number of carbonyl (C=O) groups excluding carboxylic acids is 1. The summed E-state index contributed by atoms with van der Waals surface area (Å²) in [6, 6.07) is 6.10. The molecule has 0 aliphatic heterocycles. The van der Waals surface area contributed by atoms with Crippen molar-refractivity contribution in [1.82, 2.24) is 4.98 Å². The molecule has 0 radical (unpaired) electrons. The lowest BCUT2D eigenvalue weighted by Crippen LogP contribution is -2.11. The van der Waals surface area contributed by atoms with Crippen LogP contribution in [0.1, 0.15) is 83.7 Å². The number of unbranched alkanes of at least 4 members (excludes halogenated alkanes) is 5. The van der Waals surface area contributed by atoms with Crippen LogP contribution in [0, 0.1) is 5.92 Å². The Morgan fingerprint density at radius 1 is 1.07 bits per heavy atom. The molecular formula is C23H38ClNO2. The summed E-state index contributed by atoms with van der Waals surface area (Å²) in [6.45, 7) is 8.10. The molecule has 0 fully saturated rings. The number of nitrogens with zero attached hydrogens (tertiary/aromatic N) is 1. The van der Waals surface area contributed by atoms with Gasteiger partial charge in [0.05, 0.1) is 6.61 Å². The number of pyridine rings is 1. The van der Waals surface area contributed by atoms with Crippen molar-refractivity contribution in [3.05, 3.63) is 42.2 Å². The van der Waals surface area contributed by atoms with E-state index < -0.39 is 0 Å². The zero-order valence-electron chi connectivity index (χ0n) is 17.3. The third-order valence-electron chi connectivity index (χ3n) is 4.85. The van der Waals surface area contributed by atoms with Crippen molar-refractivity contribution in [2.24, 2.45) is 5.92 Å². The van der Waals surface area contributed by atoms with Crippen LogP contribution >= 0.6 is 12.4 Å². The second-order valence-electron chi connectivity index (χ2n) is 7.34. The van der Waals surface area contributed by atoms with E-state index in [0.29, 0.717) is 18.1 Å². The van der Waals surface area contributed by atoms with E-state index in [0.717, 1.165) is 19.3 Å². The van der Waals surface area contributed by atoms with Crippen molar-refractivity contribution in [1.29, 1.82) is 0 Å². The van der Waals surface area contributed by atoms with E-state index in [1.165, 1.54) is 57.1 Å². The van der Waals surface area contributed by atoms with Gasteiger partial charge < -0.3 is 4.74 Å². The molecule has 1 unspecified atom stereocenters. The van der Waals surface area contributed by atoms with Crippen LogP contribution in [-0.2, 0) is 16.0 Å². The molecule has 0 aliphatic rings. The Hall–Kier alpha value is -1.35. The van der Waals surface area contributed by atoms with Gasteiger partial charge in [-0.05, 0) is 50.7 Å². The third kappa shape index (κ3) is 13.5. The summed E-state index contributed by atoms with van der Waals surface area (Å²) in [7, 11) is 0. The molecule has 154 valence electrons. The highest BCUT2D eigenvalue weighted by Gasteiger charge is 2.11. The first-order valence-corrected chi connectivity index (χ1v) is 10.4. The maximum absolute atomic E-state index is 11.6. The number of halogens is 1. The van der Waals surface area contributed by atoms with Gasteiger partial charge in [0.15, 0.2) is 0 Å². The van der Waals surface area contributed by atoms with Gasteiger partial charge in [0, 0.05) is 17.5 Å². The number of hydrogen-bond donors (Lipinski definition) is 0. The lowest BCUT2D eigenvalue weighted by molar-refractivity contribution is -0.139. The van der Waals surface area contributed by atoms with Crippen LogP contribution in [0.15, 0.2) is 36.5 Å². The van der Waals surface area contributed by atoms with Gasteiger partial charge in [-0.25, -0.2) is 4.79 Å². The van der Waals surface area contributed by atoms with Gasteiger partial charge in [0.2, 0.25) is 0 Å². The maximum atomic E-state index is 11.6. The standard InChI is InChI=1S/C23H37NO2.ClH/c1-4-5-6-7-8-9-13-21(17-19-26-23(25)20(2)3)14-12-16-22-15-10-11-18-24-22;/h10-11,15,18,21H,2,4-9,12-14,16-17,19H2,1,3H3;1H. The van der Waals surface area contributed by atoms with Crippen molar-refractivity contribution in [2.75, 3.05) is 6.61 Å². The van der Waals surface area contributed by atoms with E-state index in [-0.39, 0.29) is 18.4 Å². The average molecular weight is 396 g/mol. The van der Waals surface area contributed by atoms with Crippen LogP contribution < -0.4 is 0 Å². The summed E-state index contributed by atoms with van der Waals surface area (Å²) in [5.41, 5.74) is 1.65. The van der Waals surface area contributed by atoms with Crippen LogP contribution in [0.5, 0.6) is 0 Å². The molecule has 4 heteroatoms. The minimum absolute atomic E-state index is 0. The minimum atomic E-state index is -0.267. The first kappa shape index (κ1) is 25.6. The molecule has 0 saturated heterocycles. The highest BCUT2D eigenvalue weighted by Crippen LogP contribution is 2.21. The van der Waals surface area contributed by atoms with Gasteiger partial charge in [-0.3, -0.25) is 4.98 Å². The fourth-order valence-electron chi connectivity index (χ4n) is 3.21. The Kier molecular flexibility index (Phi) is 16.0. The largest absolute Gasteiger partial charge is 0.462 e. The lowest BCUT2D eigenvalue weighted by Gasteiger charge is -2.17. The fraction of sp³-hybridized carbons (Fsp3) is 0.652. The van der Waals surface area contributed by atoms with Gasteiger partial charge >= 0.3 is 5.97 Å². The number of aromatic nitrogens is 1. The van der Waals surface area contributed by atoms with Gasteiger partial charge in [-0.15, -0.1) is 12.4 Å². The Balaban J connectivity index is 0.00000676. The van der Waals surface area contributed by atoms with E-state index in [1.54, 1.807) is 6.92 Å². The molecule has 0 saturated carbocycles. The number of aryl methyl sites for hydroxylation is 1. The summed E-state index contributed by atoms with van der Waals surface area (Å²) in [5, 5.41) is 0. The molecule has 0 amide bonds. The molecule has 0 N–H and O–H groups in total. The summed E-state index contributed by atoms with van der Waals surface area (Å²) in [6.07, 6.45) is 15.4. The molecule has 0 aliphatic carbocycles. The molecule has 1 rings (SSSR count). The molecule has 27 heavy (non-hydrogen) atoms. The SMILES string of the molecule is C=C(C)C(=O)OCCC(CCCCCCCC)CCCc1ccccn1.Cl. The Labute approximate surface area is 172 Å². The van der Waals surface area contributed by atoms with Crippen molar-refractivity contribution in [3.8, 4) is 0 Å². The maximum Gasteiger partial charge on any atom is 0.333 e. The van der Waals surface area contributed by atoms with Gasteiger partial charge in [-0.2, -0.15) is 0 Å². The summed E-state index contributed by atoms with van der Waals surface area (Å²) in [5.74, 6) is 0.361. The zero-order valence-corrected chi connectivity index (χ0v) is 18.1. The monoisotopic (exact) mass is 395 g/mol. The number of carbonyl (C=O) groups is 1. The lowest BCUT2D eigenvalue weighted by atomic mass is 9.92. The van der Waals surface area contributed by atoms with Gasteiger partial charge in [0.1, 0.15) is 0 Å². The number of hydrogen-bond acceptors (Lipinski definition) is 3. The summed E-state index contributed by atoms with van der Waals surface area (Å²) >= 11 is 0. The number of rotatable bonds is 15. The first-order valence-electron chi connectivity index (χ1n) is 10.4. The first-order chi connectivity index (χ1) is 12.6. The van der Waals surface area contributed by atoms with E-state index >= 15 is 0 Å². The molecule has 1 aromatic heterocycles. The van der Waals surface area contributed by atoms with Crippen LogP contribution in [-0.4, -0.2) is 17.6 Å². The minimum Gasteiger partial charge on any atom is -0.462 e. The van der Waals surface area contributed by atoms with Crippen molar-refractivity contribution in [3.63, 3.8) is 0 Å². The third-order valence-corrected chi connectivity index (χ3v) is 4.85. The quantitative estimate of drug-likeness (QED) is 0.188. The Morgan fingerprint density at radius 3 is 2.44 bits per heavy atom. The summed E-state index contributed by atoms with van der Waals surface area (Å²) in [4.78, 5) is 16.0. The van der Waals surface area contributed by atoms with Crippen molar-refractivity contribution >= 4 is 18.4 Å². The number of ether oxygens (including phenoxy) is 1. The van der Waals surface area contributed by atoms with E-state index in [4.69, 9.17) is 4.74 Å². The Morgan fingerprint density at radius 2 is 1.78 bits per heavy atom. The van der Waals surface area contributed by atoms with Crippen LogP contribution in [0.25, 0.3) is 0 Å². The predicted molar refractivity (Wildman–Crippen MR) is 116 cm³/mol. The van der Waals surface area contributed by atoms with E-state index in [2.05, 4.69) is 24.6 Å². The molecule has 0 aromatic carbocycles. The predicted octanol–water partition coefficient (Wildman–Crippen LogP) is 6.70. The normalized spacial score (nSPS) is 11.5. The van der Waals surface area contributed by atoms with Gasteiger partial charge in [-0.1, -0.05) is 64.5 Å². The molecule has 3 nitrogen and oxygen atoms in total. The van der Waals surface area contributed by atoms with Crippen LogP contribution in [0.2, 0.25) is 0 Å². The van der Waals surface area contributed by atoms with Crippen LogP contribution in [0.4, 0.5) is 0 Å². The zero-order chi connectivity index (χ0) is 19.0. The van der Waals surface area contributed by atoms with E-state index in [9.17, 15) is 4.79 Å². The molecule has 1 heterocycles. The summed E-state index contributed by atoms with van der Waals surface area (Å²) < 4.78 is 5.31. The highest BCUT2D eigenvalue weighted by atomic mass is 35.5. The molecule has 0 bridgehead atoms. The number of esters is 1. The fourth-order valence-corrected chi connectivity index (χ4v) is 3.21.